The average Bonchev–Trinajstić information content (AvgIpc) is 1.83. The smallest absolute Gasteiger partial charge is 0.384 e. The van der Waals surface area contributed by atoms with E-state index in [1.165, 1.54) is 0 Å². The molecule has 0 aliphatic carbocycles. The predicted molar refractivity (Wildman–Crippen MR) is 27.4 cm³/mol. The van der Waals surface area contributed by atoms with E-state index < -0.39 is 11.9 Å². The summed E-state index contributed by atoms with van der Waals surface area (Å²) in [4.78, 5) is 19.7. The Labute approximate surface area is 51.4 Å². The number of esters is 1. The normalized spacial score (nSPS) is 6.78. The van der Waals surface area contributed by atoms with Crippen LogP contribution in [0.3, 0.4) is 0 Å². The van der Waals surface area contributed by atoms with Crippen molar-refractivity contribution >= 4 is 11.9 Å². The molecule has 48 valence electrons. The second-order valence-corrected chi connectivity index (χ2v) is 1.05. The highest BCUT2D eigenvalue weighted by Gasteiger charge is 1.90. The molecule has 0 amide bonds. The maximum absolute atomic E-state index is 10.1. The van der Waals surface area contributed by atoms with E-state index >= 15 is 0 Å². The van der Waals surface area contributed by atoms with Crippen molar-refractivity contribution in [1.82, 2.24) is 0 Å². The summed E-state index contributed by atoms with van der Waals surface area (Å²) in [5.41, 5.74) is 0. The zero-order valence-electron chi connectivity index (χ0n) is 4.67. The molecule has 0 aromatic rings. The fourth-order valence-electron chi connectivity index (χ4n) is 0.156. The van der Waals surface area contributed by atoms with Gasteiger partial charge in [0.1, 0.15) is 0 Å². The monoisotopic (exact) mass is 128 g/mol. The summed E-state index contributed by atoms with van der Waals surface area (Å²) in [5, 5.41) is 7.88. The molecule has 0 heterocycles. The van der Waals surface area contributed by atoms with Gasteiger partial charge < -0.3 is 9.84 Å². The van der Waals surface area contributed by atoms with E-state index in [9.17, 15) is 9.59 Å². The first-order valence-electron chi connectivity index (χ1n) is 1.99. The molecule has 0 radical (unpaired) electrons. The summed E-state index contributed by atoms with van der Waals surface area (Å²) in [6.45, 7) is 0. The molecule has 9 heavy (non-hydrogen) atoms. The molecule has 0 atom stereocenters. The van der Waals surface area contributed by atoms with Crippen LogP contribution in [0.5, 0.6) is 0 Å². The SMILES string of the molecule is COC(=O)C#CC(=O)O. The van der Waals surface area contributed by atoms with Crippen LogP contribution in [-0.2, 0) is 14.3 Å². The molecular weight excluding hydrogens is 124 g/mol. The van der Waals surface area contributed by atoms with Crippen molar-refractivity contribution in [3.05, 3.63) is 0 Å². The van der Waals surface area contributed by atoms with Gasteiger partial charge in [-0.15, -0.1) is 0 Å². The second kappa shape index (κ2) is 3.50. The number of carbonyl (C=O) groups is 2. The van der Waals surface area contributed by atoms with Crippen LogP contribution in [0.1, 0.15) is 0 Å². The number of hydrogen-bond donors (Lipinski definition) is 1. The molecule has 1 N–H and O–H groups in total. The van der Waals surface area contributed by atoms with Crippen LogP contribution in [0.15, 0.2) is 0 Å². The van der Waals surface area contributed by atoms with Crippen molar-refractivity contribution in [2.45, 2.75) is 0 Å². The van der Waals surface area contributed by atoms with E-state index in [0.29, 0.717) is 0 Å². The van der Waals surface area contributed by atoms with Gasteiger partial charge in [-0.1, -0.05) is 0 Å². The van der Waals surface area contributed by atoms with Gasteiger partial charge in [0.15, 0.2) is 0 Å². The molecule has 4 nitrogen and oxygen atoms in total. The summed E-state index contributed by atoms with van der Waals surface area (Å²) in [6, 6.07) is 0. The molecule has 0 aliphatic rings. The molecule has 0 fully saturated rings. The lowest BCUT2D eigenvalue weighted by molar-refractivity contribution is -0.134. The Morgan fingerprint density at radius 1 is 1.44 bits per heavy atom. The fourth-order valence-corrected chi connectivity index (χ4v) is 0.156. The summed E-state index contributed by atoms with van der Waals surface area (Å²) in [7, 11) is 1.12. The van der Waals surface area contributed by atoms with Crippen LogP contribution in [0.2, 0.25) is 0 Å². The fraction of sp³-hybridized carbons (Fsp3) is 0.200. The third-order valence-corrected chi connectivity index (χ3v) is 0.457. The molecule has 0 aromatic heterocycles. The minimum Gasteiger partial charge on any atom is -0.472 e. The molecule has 0 spiro atoms. The number of methoxy groups -OCH3 is 1. The Bertz CT molecular complexity index is 183. The second-order valence-electron chi connectivity index (χ2n) is 1.05. The van der Waals surface area contributed by atoms with E-state index in [2.05, 4.69) is 4.74 Å². The van der Waals surface area contributed by atoms with Crippen LogP contribution in [-0.4, -0.2) is 24.2 Å². The zero-order chi connectivity index (χ0) is 7.28. The molecule has 0 saturated carbocycles. The number of ether oxygens (including phenoxy) is 1. The first-order chi connectivity index (χ1) is 4.16. The molecule has 0 aromatic carbocycles. The molecule has 0 rings (SSSR count). The summed E-state index contributed by atoms with van der Waals surface area (Å²) in [6.07, 6.45) is 0. The minimum atomic E-state index is -1.35. The van der Waals surface area contributed by atoms with Gasteiger partial charge in [-0.25, -0.2) is 9.59 Å². The van der Waals surface area contributed by atoms with Crippen LogP contribution < -0.4 is 0 Å². The van der Waals surface area contributed by atoms with Gasteiger partial charge in [-0.2, -0.15) is 0 Å². The highest BCUT2D eigenvalue weighted by molar-refractivity contribution is 5.97. The van der Waals surface area contributed by atoms with Gasteiger partial charge in [0.2, 0.25) is 0 Å². The lowest BCUT2D eigenvalue weighted by Crippen LogP contribution is -1.96. The first-order valence-corrected chi connectivity index (χ1v) is 1.99. The molecule has 0 aliphatic heterocycles. The molecular formula is C5H4O4. The van der Waals surface area contributed by atoms with Gasteiger partial charge in [0.25, 0.3) is 0 Å². The van der Waals surface area contributed by atoms with E-state index in [1.807, 2.05) is 0 Å². The molecule has 4 heteroatoms. The first kappa shape index (κ1) is 7.50. The van der Waals surface area contributed by atoms with Crippen molar-refractivity contribution < 1.29 is 19.4 Å². The Kier molecular flexibility index (Phi) is 2.91. The van der Waals surface area contributed by atoms with Crippen molar-refractivity contribution in [2.75, 3.05) is 7.11 Å². The van der Waals surface area contributed by atoms with E-state index in [-0.39, 0.29) is 0 Å². The Hall–Kier alpha value is -1.50. The Balaban J connectivity index is 3.88. The molecule has 0 saturated heterocycles. The van der Waals surface area contributed by atoms with Crippen molar-refractivity contribution in [3.8, 4) is 11.8 Å². The molecule has 0 bridgehead atoms. The third-order valence-electron chi connectivity index (χ3n) is 0.457. The molecule has 0 unspecified atom stereocenters. The van der Waals surface area contributed by atoms with Gasteiger partial charge in [-0.3, -0.25) is 0 Å². The van der Waals surface area contributed by atoms with Crippen LogP contribution in [0.4, 0.5) is 0 Å². The lowest BCUT2D eigenvalue weighted by atomic mass is 10.6. The van der Waals surface area contributed by atoms with E-state index in [4.69, 9.17) is 5.11 Å². The minimum absolute atomic E-state index is 0.850. The Morgan fingerprint density at radius 2 is 2.00 bits per heavy atom. The maximum atomic E-state index is 10.1. The summed E-state index contributed by atoms with van der Waals surface area (Å²) in [5.74, 6) is 1.11. The highest BCUT2D eigenvalue weighted by Crippen LogP contribution is 1.66. The van der Waals surface area contributed by atoms with Gasteiger partial charge >= 0.3 is 11.9 Å². The zero-order valence-corrected chi connectivity index (χ0v) is 4.67. The van der Waals surface area contributed by atoms with Crippen LogP contribution >= 0.6 is 0 Å². The predicted octanol–water partition coefficient (Wildman–Crippen LogP) is -0.753. The standard InChI is InChI=1S/C5H4O4/c1-9-5(8)3-2-4(6)7/h1H3,(H,6,7). The number of rotatable bonds is 0. The largest absolute Gasteiger partial charge is 0.472 e. The van der Waals surface area contributed by atoms with Gasteiger partial charge in [0.05, 0.1) is 7.11 Å². The van der Waals surface area contributed by atoms with Crippen LogP contribution in [0, 0.1) is 11.8 Å². The number of carbonyl (C=O) groups excluding carboxylic acids is 1. The van der Waals surface area contributed by atoms with E-state index in [0.717, 1.165) is 7.11 Å². The summed E-state index contributed by atoms with van der Waals surface area (Å²) >= 11 is 0. The summed E-state index contributed by atoms with van der Waals surface area (Å²) < 4.78 is 4.02. The quantitative estimate of drug-likeness (QED) is 0.265. The van der Waals surface area contributed by atoms with E-state index in [1.54, 1.807) is 11.8 Å². The maximum Gasteiger partial charge on any atom is 0.384 e. The van der Waals surface area contributed by atoms with Crippen molar-refractivity contribution in [1.29, 1.82) is 0 Å². The topological polar surface area (TPSA) is 63.6 Å². The third kappa shape index (κ3) is 4.35. The van der Waals surface area contributed by atoms with Gasteiger partial charge in [-0.05, 0) is 0 Å². The number of carboxylic acid groups (broad SMARTS) is 1. The van der Waals surface area contributed by atoms with Crippen molar-refractivity contribution in [2.24, 2.45) is 0 Å². The highest BCUT2D eigenvalue weighted by atomic mass is 16.5. The lowest BCUT2D eigenvalue weighted by Gasteiger charge is -1.81. The van der Waals surface area contributed by atoms with Crippen molar-refractivity contribution in [3.63, 3.8) is 0 Å². The Morgan fingerprint density at radius 3 is 2.33 bits per heavy atom. The van der Waals surface area contributed by atoms with Crippen LogP contribution in [0.25, 0.3) is 0 Å². The number of carboxylic acids is 1. The van der Waals surface area contributed by atoms with Gasteiger partial charge in [0, 0.05) is 11.8 Å². The number of hydrogen-bond acceptors (Lipinski definition) is 3. The number of aliphatic carboxylic acids is 1. The average molecular weight is 128 g/mol.